The topological polar surface area (TPSA) is 82.6 Å². The number of aromatic nitrogens is 3. The number of piperidine rings is 1. The van der Waals surface area contributed by atoms with E-state index in [9.17, 15) is 5.11 Å². The lowest BCUT2D eigenvalue weighted by Gasteiger charge is -2.38. The number of quaternary nitrogens is 1. The first-order chi connectivity index (χ1) is 13.7. The van der Waals surface area contributed by atoms with Crippen LogP contribution in [0.15, 0.2) is 30.6 Å². The molecule has 2 saturated heterocycles. The van der Waals surface area contributed by atoms with Crippen molar-refractivity contribution >= 4 is 16.3 Å². The number of aromatic hydroxyl groups is 1. The van der Waals surface area contributed by atoms with Crippen LogP contribution in [0.1, 0.15) is 29.3 Å². The van der Waals surface area contributed by atoms with Crippen molar-refractivity contribution in [1.29, 1.82) is 0 Å². The van der Waals surface area contributed by atoms with Gasteiger partial charge >= 0.3 is 0 Å². The molecule has 3 aromatic rings. The molecule has 2 fully saturated rings. The molecule has 4 heterocycles. The molecule has 0 saturated carbocycles. The van der Waals surface area contributed by atoms with Gasteiger partial charge in [-0.25, -0.2) is 4.98 Å². The molecule has 1 atom stereocenters. The van der Waals surface area contributed by atoms with Crippen LogP contribution in [-0.4, -0.2) is 58.9 Å². The normalized spacial score (nSPS) is 20.8. The highest BCUT2D eigenvalue weighted by Gasteiger charge is 2.45. The monoisotopic (exact) mass is 403 g/mol. The Morgan fingerprint density at radius 3 is 2.79 bits per heavy atom. The lowest BCUT2D eigenvalue weighted by Crippen LogP contribution is -3.14. The minimum atomic E-state index is -0.421. The van der Waals surface area contributed by atoms with Gasteiger partial charge in [0.1, 0.15) is 17.0 Å². The molecule has 28 heavy (non-hydrogen) atoms. The number of fused-ring (bicyclic) bond motifs is 1. The van der Waals surface area contributed by atoms with E-state index in [0.29, 0.717) is 18.2 Å². The van der Waals surface area contributed by atoms with Gasteiger partial charge < -0.3 is 24.2 Å². The number of likely N-dealkylation sites (tertiary alicyclic amines) is 1. The van der Waals surface area contributed by atoms with E-state index in [0.717, 1.165) is 42.1 Å². The maximum atomic E-state index is 10.8. The summed E-state index contributed by atoms with van der Waals surface area (Å²) in [7, 11) is 1.67. The molecule has 2 aromatic heterocycles. The molecule has 2 aliphatic heterocycles. The van der Waals surface area contributed by atoms with Crippen LogP contribution >= 0.6 is 11.3 Å². The zero-order valence-corrected chi connectivity index (χ0v) is 16.4. The van der Waals surface area contributed by atoms with Crippen LogP contribution in [0, 0.1) is 0 Å². The number of ether oxygens (including phenoxy) is 3. The van der Waals surface area contributed by atoms with E-state index in [1.165, 1.54) is 27.1 Å². The molecule has 9 heteroatoms. The SMILES string of the molecule is COc1cccc([C@@H](c2sc3ncnn3c2O)[NH+]2CCC3(CC2)OCCO3)c1. The van der Waals surface area contributed by atoms with Crippen LogP contribution in [-0.2, 0) is 9.47 Å². The Kier molecular flexibility index (Phi) is 4.47. The van der Waals surface area contributed by atoms with Gasteiger partial charge in [-0.3, -0.25) is 0 Å². The number of rotatable bonds is 4. The summed E-state index contributed by atoms with van der Waals surface area (Å²) < 4.78 is 18.7. The molecule has 0 aliphatic carbocycles. The molecule has 0 unspecified atom stereocenters. The Morgan fingerprint density at radius 2 is 2.07 bits per heavy atom. The second kappa shape index (κ2) is 7.00. The smallest absolute Gasteiger partial charge is 0.235 e. The van der Waals surface area contributed by atoms with Gasteiger partial charge in [-0.05, 0) is 12.1 Å². The molecule has 5 rings (SSSR count). The molecule has 8 nitrogen and oxygen atoms in total. The number of methoxy groups -OCH3 is 1. The number of nitrogens with zero attached hydrogens (tertiary/aromatic N) is 3. The van der Waals surface area contributed by atoms with E-state index in [-0.39, 0.29) is 11.9 Å². The van der Waals surface area contributed by atoms with Crippen molar-refractivity contribution in [2.24, 2.45) is 0 Å². The Balaban J connectivity index is 1.53. The molecule has 1 spiro atoms. The van der Waals surface area contributed by atoms with E-state index in [1.54, 1.807) is 7.11 Å². The molecular weight excluding hydrogens is 380 g/mol. The van der Waals surface area contributed by atoms with Gasteiger partial charge in [0, 0.05) is 5.56 Å². The average molecular weight is 403 g/mol. The van der Waals surface area contributed by atoms with Crippen LogP contribution < -0.4 is 9.64 Å². The molecule has 1 aromatic carbocycles. The molecule has 0 radical (unpaired) electrons. The van der Waals surface area contributed by atoms with E-state index in [2.05, 4.69) is 16.1 Å². The summed E-state index contributed by atoms with van der Waals surface area (Å²) in [4.78, 5) is 7.16. The fraction of sp³-hybridized carbons (Fsp3) is 0.474. The van der Waals surface area contributed by atoms with Crippen molar-refractivity contribution < 1.29 is 24.2 Å². The summed E-state index contributed by atoms with van der Waals surface area (Å²) in [6.07, 6.45) is 3.14. The van der Waals surface area contributed by atoms with Crippen LogP contribution in [0.5, 0.6) is 11.6 Å². The fourth-order valence-corrected chi connectivity index (χ4v) is 5.42. The largest absolute Gasteiger partial charge is 0.497 e. The van der Waals surface area contributed by atoms with Gasteiger partial charge in [0.05, 0.1) is 46.3 Å². The summed E-state index contributed by atoms with van der Waals surface area (Å²) in [6, 6.07) is 8.01. The zero-order chi connectivity index (χ0) is 19.1. The van der Waals surface area contributed by atoms with E-state index in [1.807, 2.05) is 18.2 Å². The molecular formula is C19H23N4O4S+. The van der Waals surface area contributed by atoms with Crippen molar-refractivity contribution in [2.75, 3.05) is 33.4 Å². The Hall–Kier alpha value is -2.20. The maximum absolute atomic E-state index is 10.8. The quantitative estimate of drug-likeness (QED) is 0.677. The minimum absolute atomic E-state index is 0.0395. The van der Waals surface area contributed by atoms with Crippen molar-refractivity contribution in [3.05, 3.63) is 41.0 Å². The highest BCUT2D eigenvalue weighted by Crippen LogP contribution is 2.36. The standard InChI is InChI=1S/C19H22N4O4S/c1-25-14-4-2-3-13(11-14)15(16-17(24)23-18(28-16)20-12-21-23)22-7-5-19(6-8-22)26-9-10-27-19/h2-4,11-12,15,24H,5-10H2,1H3/p+1/t15-/m0/s1. The van der Waals surface area contributed by atoms with Crippen LogP contribution in [0.2, 0.25) is 0 Å². The second-order valence-electron chi connectivity index (χ2n) is 7.22. The number of hydrogen-bond donors (Lipinski definition) is 2. The average Bonchev–Trinajstić information content (AvgIpc) is 3.44. The highest BCUT2D eigenvalue weighted by atomic mass is 32.1. The van der Waals surface area contributed by atoms with Crippen LogP contribution in [0.25, 0.3) is 4.96 Å². The third kappa shape index (κ3) is 2.95. The fourth-order valence-electron chi connectivity index (χ4n) is 4.30. The highest BCUT2D eigenvalue weighted by molar-refractivity contribution is 7.17. The lowest BCUT2D eigenvalue weighted by atomic mass is 9.97. The summed E-state index contributed by atoms with van der Waals surface area (Å²) in [5, 5.41) is 15.0. The van der Waals surface area contributed by atoms with E-state index >= 15 is 0 Å². The Bertz CT molecular complexity index is 971. The van der Waals surface area contributed by atoms with Gasteiger partial charge in [0.25, 0.3) is 0 Å². The number of hydrogen-bond acceptors (Lipinski definition) is 7. The molecule has 2 N–H and O–H groups in total. The van der Waals surface area contributed by atoms with Crippen LogP contribution in [0.4, 0.5) is 0 Å². The summed E-state index contributed by atoms with van der Waals surface area (Å²) >= 11 is 1.48. The predicted octanol–water partition coefficient (Wildman–Crippen LogP) is 1.02. The Morgan fingerprint density at radius 1 is 1.29 bits per heavy atom. The van der Waals surface area contributed by atoms with Gasteiger partial charge in [-0.15, -0.1) is 0 Å². The molecule has 0 amide bonds. The molecule has 0 bridgehead atoms. The summed E-state index contributed by atoms with van der Waals surface area (Å²) in [6.45, 7) is 3.11. The number of thiazole rings is 1. The second-order valence-corrected chi connectivity index (χ2v) is 8.23. The maximum Gasteiger partial charge on any atom is 0.235 e. The first-order valence-corrected chi connectivity index (χ1v) is 10.3. The van der Waals surface area contributed by atoms with Crippen molar-refractivity contribution in [3.63, 3.8) is 0 Å². The van der Waals surface area contributed by atoms with E-state index in [4.69, 9.17) is 14.2 Å². The third-order valence-corrected chi connectivity index (χ3v) is 6.80. The minimum Gasteiger partial charge on any atom is -0.497 e. The molecule has 2 aliphatic rings. The van der Waals surface area contributed by atoms with Crippen LogP contribution in [0.3, 0.4) is 0 Å². The third-order valence-electron chi connectivity index (χ3n) is 5.70. The van der Waals surface area contributed by atoms with E-state index < -0.39 is 5.79 Å². The van der Waals surface area contributed by atoms with Gasteiger partial charge in [-0.2, -0.15) is 9.61 Å². The summed E-state index contributed by atoms with van der Waals surface area (Å²) in [5.41, 5.74) is 1.10. The zero-order valence-electron chi connectivity index (χ0n) is 15.6. The van der Waals surface area contributed by atoms with Gasteiger partial charge in [-0.1, -0.05) is 23.5 Å². The molecule has 148 valence electrons. The van der Waals surface area contributed by atoms with Gasteiger partial charge in [0.2, 0.25) is 10.8 Å². The lowest BCUT2D eigenvalue weighted by molar-refractivity contribution is -0.933. The van der Waals surface area contributed by atoms with Crippen molar-refractivity contribution in [1.82, 2.24) is 14.6 Å². The van der Waals surface area contributed by atoms with Gasteiger partial charge in [0.15, 0.2) is 11.8 Å². The van der Waals surface area contributed by atoms with Crippen molar-refractivity contribution in [2.45, 2.75) is 24.7 Å². The summed E-state index contributed by atoms with van der Waals surface area (Å²) in [5.74, 6) is 0.541. The first-order valence-electron chi connectivity index (χ1n) is 9.47. The first kappa shape index (κ1) is 17.9. The number of nitrogens with one attached hydrogen (secondary N) is 1. The van der Waals surface area contributed by atoms with Crippen molar-refractivity contribution in [3.8, 4) is 11.6 Å². The Labute approximate surface area is 166 Å². The number of benzene rings is 1. The predicted molar refractivity (Wildman–Crippen MR) is 102 cm³/mol.